The second kappa shape index (κ2) is 8.38. The minimum absolute atomic E-state index is 0.00325. The number of carbonyl (C=O) groups excluding carboxylic acids is 1. The molecule has 1 aromatic carbocycles. The number of morpholine rings is 1. The maximum atomic E-state index is 14.0. The Kier molecular flexibility index (Phi) is 5.96. The van der Waals surface area contributed by atoms with Crippen molar-refractivity contribution in [1.29, 1.82) is 0 Å². The Balaban J connectivity index is 1.64. The van der Waals surface area contributed by atoms with Gasteiger partial charge in [0.05, 0.1) is 19.8 Å². The summed E-state index contributed by atoms with van der Waals surface area (Å²) < 4.78 is 19.8. The molecule has 0 aliphatic carbocycles. The third kappa shape index (κ3) is 4.45. The van der Waals surface area contributed by atoms with E-state index in [0.29, 0.717) is 31.6 Å². The van der Waals surface area contributed by atoms with Gasteiger partial charge in [0.2, 0.25) is 5.91 Å². The van der Waals surface area contributed by atoms with Gasteiger partial charge in [-0.15, -0.1) is 0 Å². The largest absolute Gasteiger partial charge is 0.393 e. The first kappa shape index (κ1) is 18.5. The van der Waals surface area contributed by atoms with Gasteiger partial charge in [0.15, 0.2) is 0 Å². The monoisotopic (exact) mass is 358 g/mol. The molecule has 0 saturated carbocycles. The second-order valence-corrected chi connectivity index (χ2v) is 6.63. The summed E-state index contributed by atoms with van der Waals surface area (Å²) >= 11 is 0. The molecule has 1 N–H and O–H groups in total. The zero-order chi connectivity index (χ0) is 18.4. The van der Waals surface area contributed by atoms with Crippen molar-refractivity contribution in [2.75, 3.05) is 26.3 Å². The Hall–Kier alpha value is -2.31. The predicted octanol–water partition coefficient (Wildman–Crippen LogP) is 1.99. The Labute approximate surface area is 152 Å². The van der Waals surface area contributed by atoms with Gasteiger partial charge in [-0.1, -0.05) is 24.3 Å². The molecule has 1 aromatic heterocycles. The molecule has 0 radical (unpaired) electrons. The van der Waals surface area contributed by atoms with Crippen LogP contribution in [0.2, 0.25) is 0 Å². The van der Waals surface area contributed by atoms with Crippen molar-refractivity contribution in [3.63, 3.8) is 0 Å². The van der Waals surface area contributed by atoms with Crippen LogP contribution < -0.4 is 0 Å². The van der Waals surface area contributed by atoms with Crippen LogP contribution in [0.25, 0.3) is 0 Å². The van der Waals surface area contributed by atoms with E-state index in [2.05, 4.69) is 4.98 Å². The molecule has 1 fully saturated rings. The summed E-state index contributed by atoms with van der Waals surface area (Å²) in [7, 11) is 0. The third-order valence-electron chi connectivity index (χ3n) is 4.71. The van der Waals surface area contributed by atoms with E-state index < -0.39 is 5.60 Å². The predicted molar refractivity (Wildman–Crippen MR) is 95.0 cm³/mol. The van der Waals surface area contributed by atoms with Gasteiger partial charge in [-0.25, -0.2) is 4.39 Å². The first-order valence-corrected chi connectivity index (χ1v) is 8.77. The summed E-state index contributed by atoms with van der Waals surface area (Å²) in [6.07, 6.45) is 4.66. The zero-order valence-electron chi connectivity index (χ0n) is 14.6. The number of rotatable bonds is 6. The van der Waals surface area contributed by atoms with Gasteiger partial charge >= 0.3 is 0 Å². The molecule has 2 aromatic rings. The molecule has 2 heterocycles. The number of hydrogen-bond acceptors (Lipinski definition) is 4. The number of carbonyl (C=O) groups is 1. The number of aryl methyl sites for hydroxylation is 1. The maximum Gasteiger partial charge on any atom is 0.223 e. The van der Waals surface area contributed by atoms with E-state index in [1.807, 2.05) is 12.1 Å². The number of halogens is 1. The summed E-state index contributed by atoms with van der Waals surface area (Å²) in [5.41, 5.74) is 0.518. The minimum atomic E-state index is -0.968. The lowest BCUT2D eigenvalue weighted by molar-refractivity contribution is -0.158. The van der Waals surface area contributed by atoms with Crippen LogP contribution in [-0.4, -0.2) is 52.8 Å². The van der Waals surface area contributed by atoms with Gasteiger partial charge in [0, 0.05) is 31.8 Å². The highest BCUT2D eigenvalue weighted by molar-refractivity contribution is 5.76. The van der Waals surface area contributed by atoms with Crippen LogP contribution >= 0.6 is 0 Å². The molecule has 1 aliphatic heterocycles. The summed E-state index contributed by atoms with van der Waals surface area (Å²) in [4.78, 5) is 18.3. The SMILES string of the molecule is O=C(CCc1cccnc1)N1CCO[C@@](CO)(Cc2ccccc2F)C1. The number of amides is 1. The average molecular weight is 358 g/mol. The Morgan fingerprint density at radius 1 is 1.31 bits per heavy atom. The lowest BCUT2D eigenvalue weighted by atomic mass is 9.92. The van der Waals surface area contributed by atoms with E-state index in [1.54, 1.807) is 35.5 Å². The highest BCUT2D eigenvalue weighted by Crippen LogP contribution is 2.25. The Morgan fingerprint density at radius 3 is 2.88 bits per heavy atom. The van der Waals surface area contributed by atoms with Crippen molar-refractivity contribution in [3.8, 4) is 0 Å². The van der Waals surface area contributed by atoms with Crippen LogP contribution in [0, 0.1) is 5.82 Å². The number of benzene rings is 1. The van der Waals surface area contributed by atoms with Crippen molar-refractivity contribution < 1.29 is 19.0 Å². The summed E-state index contributed by atoms with van der Waals surface area (Å²) in [6.45, 7) is 0.788. The Bertz CT molecular complexity index is 741. The summed E-state index contributed by atoms with van der Waals surface area (Å²) in [5, 5.41) is 9.91. The fourth-order valence-electron chi connectivity index (χ4n) is 3.26. The van der Waals surface area contributed by atoms with Gasteiger partial charge in [-0.05, 0) is 29.7 Å². The molecule has 6 heteroatoms. The van der Waals surface area contributed by atoms with E-state index in [1.165, 1.54) is 6.07 Å². The van der Waals surface area contributed by atoms with Gasteiger partial charge in [-0.3, -0.25) is 9.78 Å². The zero-order valence-corrected chi connectivity index (χ0v) is 14.6. The lowest BCUT2D eigenvalue weighted by Gasteiger charge is -2.42. The van der Waals surface area contributed by atoms with Crippen LogP contribution in [0.5, 0.6) is 0 Å². The number of aliphatic hydroxyl groups is 1. The van der Waals surface area contributed by atoms with E-state index >= 15 is 0 Å². The van der Waals surface area contributed by atoms with Crippen LogP contribution in [0.1, 0.15) is 17.5 Å². The first-order chi connectivity index (χ1) is 12.6. The van der Waals surface area contributed by atoms with E-state index in [4.69, 9.17) is 4.74 Å². The van der Waals surface area contributed by atoms with E-state index in [9.17, 15) is 14.3 Å². The molecule has 0 spiro atoms. The smallest absolute Gasteiger partial charge is 0.223 e. The van der Waals surface area contributed by atoms with Crippen molar-refractivity contribution in [2.24, 2.45) is 0 Å². The fourth-order valence-corrected chi connectivity index (χ4v) is 3.26. The van der Waals surface area contributed by atoms with Crippen LogP contribution in [-0.2, 0) is 22.4 Å². The number of aliphatic hydroxyl groups excluding tert-OH is 1. The van der Waals surface area contributed by atoms with Crippen LogP contribution in [0.4, 0.5) is 4.39 Å². The maximum absolute atomic E-state index is 14.0. The molecule has 1 aliphatic rings. The van der Waals surface area contributed by atoms with E-state index in [0.717, 1.165) is 5.56 Å². The van der Waals surface area contributed by atoms with Crippen LogP contribution in [0.3, 0.4) is 0 Å². The van der Waals surface area contributed by atoms with Crippen molar-refractivity contribution in [2.45, 2.75) is 24.9 Å². The quantitative estimate of drug-likeness (QED) is 0.858. The molecule has 5 nitrogen and oxygen atoms in total. The molecule has 1 atom stereocenters. The lowest BCUT2D eigenvalue weighted by Crippen LogP contribution is -2.57. The summed E-state index contributed by atoms with van der Waals surface area (Å²) in [5.74, 6) is -0.326. The molecule has 138 valence electrons. The number of nitrogens with zero attached hydrogens (tertiary/aromatic N) is 2. The molecular formula is C20H23FN2O3. The summed E-state index contributed by atoms with van der Waals surface area (Å²) in [6, 6.07) is 10.2. The molecular weight excluding hydrogens is 335 g/mol. The molecule has 3 rings (SSSR count). The Morgan fingerprint density at radius 2 is 2.15 bits per heavy atom. The fraction of sp³-hybridized carbons (Fsp3) is 0.400. The van der Waals surface area contributed by atoms with Crippen molar-refractivity contribution in [1.82, 2.24) is 9.88 Å². The van der Waals surface area contributed by atoms with Crippen molar-refractivity contribution in [3.05, 3.63) is 65.7 Å². The van der Waals surface area contributed by atoms with Gasteiger partial charge in [-0.2, -0.15) is 0 Å². The molecule has 0 unspecified atom stereocenters. The van der Waals surface area contributed by atoms with Gasteiger partial charge in [0.1, 0.15) is 11.4 Å². The molecule has 1 amide bonds. The number of hydrogen-bond donors (Lipinski definition) is 1. The van der Waals surface area contributed by atoms with Crippen LogP contribution in [0.15, 0.2) is 48.8 Å². The topological polar surface area (TPSA) is 62.7 Å². The first-order valence-electron chi connectivity index (χ1n) is 8.77. The standard InChI is InChI=1S/C20H23FN2O3/c21-18-6-2-1-5-17(18)12-20(15-24)14-23(10-11-26-20)19(25)8-7-16-4-3-9-22-13-16/h1-6,9,13,24H,7-8,10-12,14-15H2/t20-/m0/s1. The number of pyridine rings is 1. The van der Waals surface area contributed by atoms with Crippen molar-refractivity contribution >= 4 is 5.91 Å². The number of ether oxygens (including phenoxy) is 1. The number of aromatic nitrogens is 1. The van der Waals surface area contributed by atoms with Gasteiger partial charge in [0.25, 0.3) is 0 Å². The third-order valence-corrected chi connectivity index (χ3v) is 4.71. The molecule has 0 bridgehead atoms. The molecule has 26 heavy (non-hydrogen) atoms. The normalized spacial score (nSPS) is 20.2. The van der Waals surface area contributed by atoms with Gasteiger partial charge < -0.3 is 14.7 Å². The molecule has 1 saturated heterocycles. The highest BCUT2D eigenvalue weighted by Gasteiger charge is 2.38. The van der Waals surface area contributed by atoms with E-state index in [-0.39, 0.29) is 31.3 Å². The highest BCUT2D eigenvalue weighted by atomic mass is 19.1. The second-order valence-electron chi connectivity index (χ2n) is 6.63. The minimum Gasteiger partial charge on any atom is -0.393 e. The average Bonchev–Trinajstić information content (AvgIpc) is 2.69.